The molecular weight excluding hydrogens is 224 g/mol. The van der Waals surface area contributed by atoms with Crippen LogP contribution in [0.25, 0.3) is 0 Å². The minimum absolute atomic E-state index is 0.663. The van der Waals surface area contributed by atoms with Gasteiger partial charge in [-0.2, -0.15) is 5.26 Å². The molecule has 2 rings (SSSR count). The van der Waals surface area contributed by atoms with Crippen molar-refractivity contribution in [3.63, 3.8) is 0 Å². The van der Waals surface area contributed by atoms with Crippen LogP contribution in [0.15, 0.2) is 30.6 Å². The number of nitrogens with zero attached hydrogens (tertiary/aromatic N) is 3. The standard InChI is InChI=1S/C14H16N4/c1-3-18-7-6-16-14(18)10-17-13-8-12(9-15)5-4-11(13)2/h4-8,17H,3,10H2,1-2H3. The summed E-state index contributed by atoms with van der Waals surface area (Å²) in [6.07, 6.45) is 3.77. The smallest absolute Gasteiger partial charge is 0.128 e. The molecule has 0 aliphatic carbocycles. The summed E-state index contributed by atoms with van der Waals surface area (Å²) < 4.78 is 2.09. The van der Waals surface area contributed by atoms with Gasteiger partial charge in [-0.1, -0.05) is 6.07 Å². The second kappa shape index (κ2) is 5.37. The molecule has 0 aliphatic heterocycles. The topological polar surface area (TPSA) is 53.6 Å². The molecule has 1 N–H and O–H groups in total. The first-order valence-corrected chi connectivity index (χ1v) is 5.99. The molecule has 2 aromatic rings. The molecule has 0 saturated carbocycles. The first-order valence-electron chi connectivity index (χ1n) is 5.99. The zero-order chi connectivity index (χ0) is 13.0. The van der Waals surface area contributed by atoms with Crippen LogP contribution >= 0.6 is 0 Å². The first-order chi connectivity index (χ1) is 8.74. The fourth-order valence-corrected chi connectivity index (χ4v) is 1.85. The molecule has 0 atom stereocenters. The normalized spacial score (nSPS) is 10.1. The van der Waals surface area contributed by atoms with Crippen LogP contribution in [0.4, 0.5) is 5.69 Å². The second-order valence-corrected chi connectivity index (χ2v) is 4.12. The zero-order valence-electron chi connectivity index (χ0n) is 10.6. The number of rotatable bonds is 4. The van der Waals surface area contributed by atoms with Crippen LogP contribution in [0.3, 0.4) is 0 Å². The predicted octanol–water partition coefficient (Wildman–Crippen LogP) is 2.70. The Labute approximate surface area is 107 Å². The van der Waals surface area contributed by atoms with Gasteiger partial charge in [-0.15, -0.1) is 0 Å². The Morgan fingerprint density at radius 2 is 2.28 bits per heavy atom. The summed E-state index contributed by atoms with van der Waals surface area (Å²) in [5.74, 6) is 0.999. The summed E-state index contributed by atoms with van der Waals surface area (Å²) in [7, 11) is 0. The molecule has 0 bridgehead atoms. The highest BCUT2D eigenvalue weighted by atomic mass is 15.1. The van der Waals surface area contributed by atoms with Gasteiger partial charge in [0.15, 0.2) is 0 Å². The molecule has 0 aliphatic rings. The summed E-state index contributed by atoms with van der Waals surface area (Å²) >= 11 is 0. The van der Waals surface area contributed by atoms with Gasteiger partial charge in [0, 0.05) is 24.6 Å². The second-order valence-electron chi connectivity index (χ2n) is 4.12. The zero-order valence-corrected chi connectivity index (χ0v) is 10.6. The van der Waals surface area contributed by atoms with E-state index in [1.54, 1.807) is 6.20 Å². The van der Waals surface area contributed by atoms with E-state index in [1.165, 1.54) is 0 Å². The van der Waals surface area contributed by atoms with Gasteiger partial charge in [0.05, 0.1) is 18.2 Å². The Balaban J connectivity index is 2.13. The predicted molar refractivity (Wildman–Crippen MR) is 71.1 cm³/mol. The minimum Gasteiger partial charge on any atom is -0.378 e. The van der Waals surface area contributed by atoms with Crippen LogP contribution < -0.4 is 5.32 Å². The van der Waals surface area contributed by atoms with Crippen LogP contribution in [0.1, 0.15) is 23.9 Å². The molecular formula is C14H16N4. The molecule has 1 aromatic heterocycles. The van der Waals surface area contributed by atoms with E-state index in [1.807, 2.05) is 31.3 Å². The van der Waals surface area contributed by atoms with E-state index in [-0.39, 0.29) is 0 Å². The van der Waals surface area contributed by atoms with Gasteiger partial charge in [-0.05, 0) is 31.5 Å². The number of hydrogen-bond donors (Lipinski definition) is 1. The third kappa shape index (κ3) is 2.51. The maximum Gasteiger partial charge on any atom is 0.128 e. The summed E-state index contributed by atoms with van der Waals surface area (Å²) in [6.45, 7) is 5.69. The van der Waals surface area contributed by atoms with Gasteiger partial charge in [0.1, 0.15) is 5.82 Å². The van der Waals surface area contributed by atoms with Crippen LogP contribution in [0, 0.1) is 18.3 Å². The van der Waals surface area contributed by atoms with E-state index in [0.717, 1.165) is 23.6 Å². The fraction of sp³-hybridized carbons (Fsp3) is 0.286. The molecule has 4 nitrogen and oxygen atoms in total. The molecule has 0 amide bonds. The van der Waals surface area contributed by atoms with E-state index in [4.69, 9.17) is 5.26 Å². The van der Waals surface area contributed by atoms with Crippen molar-refractivity contribution in [1.29, 1.82) is 5.26 Å². The van der Waals surface area contributed by atoms with Gasteiger partial charge in [0.2, 0.25) is 0 Å². The van der Waals surface area contributed by atoms with Crippen molar-refractivity contribution in [1.82, 2.24) is 9.55 Å². The average Bonchev–Trinajstić information content (AvgIpc) is 2.85. The highest BCUT2D eigenvalue weighted by molar-refractivity contribution is 5.55. The molecule has 0 unspecified atom stereocenters. The van der Waals surface area contributed by atoms with Crippen molar-refractivity contribution in [2.24, 2.45) is 0 Å². The van der Waals surface area contributed by atoms with Crippen molar-refractivity contribution in [2.45, 2.75) is 26.9 Å². The maximum absolute atomic E-state index is 8.89. The molecule has 18 heavy (non-hydrogen) atoms. The quantitative estimate of drug-likeness (QED) is 0.894. The summed E-state index contributed by atoms with van der Waals surface area (Å²) in [4.78, 5) is 4.31. The summed E-state index contributed by atoms with van der Waals surface area (Å²) in [5.41, 5.74) is 2.78. The number of nitrogens with one attached hydrogen (secondary N) is 1. The summed E-state index contributed by atoms with van der Waals surface area (Å²) in [5, 5.41) is 12.2. The van der Waals surface area contributed by atoms with Crippen molar-refractivity contribution in [2.75, 3.05) is 5.32 Å². The first kappa shape index (κ1) is 12.2. The van der Waals surface area contributed by atoms with E-state index in [0.29, 0.717) is 12.1 Å². The molecule has 0 fully saturated rings. The molecule has 4 heteroatoms. The lowest BCUT2D eigenvalue weighted by Gasteiger charge is -2.10. The number of hydrogen-bond acceptors (Lipinski definition) is 3. The van der Waals surface area contributed by atoms with Gasteiger partial charge >= 0.3 is 0 Å². The van der Waals surface area contributed by atoms with Crippen LogP contribution in [-0.2, 0) is 13.1 Å². The van der Waals surface area contributed by atoms with Gasteiger partial charge in [-0.25, -0.2) is 4.98 Å². The Morgan fingerprint density at radius 3 is 3.00 bits per heavy atom. The number of nitriles is 1. The Hall–Kier alpha value is -2.28. The third-order valence-electron chi connectivity index (χ3n) is 2.95. The van der Waals surface area contributed by atoms with E-state index < -0.39 is 0 Å². The van der Waals surface area contributed by atoms with Gasteiger partial charge in [0.25, 0.3) is 0 Å². The molecule has 0 radical (unpaired) electrons. The SMILES string of the molecule is CCn1ccnc1CNc1cc(C#N)ccc1C. The van der Waals surface area contributed by atoms with Crippen LogP contribution in [0.5, 0.6) is 0 Å². The largest absolute Gasteiger partial charge is 0.378 e. The highest BCUT2D eigenvalue weighted by Gasteiger charge is 2.03. The number of anilines is 1. The van der Waals surface area contributed by atoms with Crippen molar-refractivity contribution < 1.29 is 0 Å². The molecule has 1 aromatic carbocycles. The van der Waals surface area contributed by atoms with Gasteiger partial charge in [-0.3, -0.25) is 0 Å². The molecule has 0 saturated heterocycles. The Morgan fingerprint density at radius 1 is 1.44 bits per heavy atom. The fourth-order valence-electron chi connectivity index (χ4n) is 1.85. The lowest BCUT2D eigenvalue weighted by Crippen LogP contribution is -2.08. The van der Waals surface area contributed by atoms with Crippen molar-refractivity contribution in [3.8, 4) is 6.07 Å². The molecule has 0 spiro atoms. The maximum atomic E-state index is 8.89. The summed E-state index contributed by atoms with van der Waals surface area (Å²) in [6, 6.07) is 7.80. The average molecular weight is 240 g/mol. The number of aryl methyl sites for hydroxylation is 2. The van der Waals surface area contributed by atoms with E-state index in [9.17, 15) is 0 Å². The number of imidazole rings is 1. The lowest BCUT2D eigenvalue weighted by molar-refractivity contribution is 0.708. The lowest BCUT2D eigenvalue weighted by atomic mass is 10.1. The van der Waals surface area contributed by atoms with Gasteiger partial charge < -0.3 is 9.88 Å². The van der Waals surface area contributed by atoms with Crippen LogP contribution in [-0.4, -0.2) is 9.55 Å². The number of benzene rings is 1. The molecule has 1 heterocycles. The Bertz CT molecular complexity index is 578. The van der Waals surface area contributed by atoms with E-state index in [2.05, 4.69) is 27.9 Å². The minimum atomic E-state index is 0.663. The van der Waals surface area contributed by atoms with E-state index >= 15 is 0 Å². The Kier molecular flexibility index (Phi) is 3.63. The molecule has 92 valence electrons. The highest BCUT2D eigenvalue weighted by Crippen LogP contribution is 2.17. The van der Waals surface area contributed by atoms with Crippen LogP contribution in [0.2, 0.25) is 0 Å². The van der Waals surface area contributed by atoms with Crippen molar-refractivity contribution >= 4 is 5.69 Å². The monoisotopic (exact) mass is 240 g/mol. The third-order valence-corrected chi connectivity index (χ3v) is 2.95. The number of aromatic nitrogens is 2. The van der Waals surface area contributed by atoms with Crippen molar-refractivity contribution in [3.05, 3.63) is 47.5 Å².